The monoisotopic (exact) mass is 511 g/mol. The Morgan fingerprint density at radius 2 is 1.56 bits per heavy atom. The molecule has 0 aromatic heterocycles. The lowest BCUT2D eigenvalue weighted by atomic mass is 9.87. The van der Waals surface area contributed by atoms with Gasteiger partial charge in [0.25, 0.3) is 5.91 Å². The number of alkyl halides is 6. The van der Waals surface area contributed by atoms with Crippen LogP contribution < -0.4 is 5.32 Å². The van der Waals surface area contributed by atoms with Crippen molar-refractivity contribution >= 4 is 15.7 Å². The van der Waals surface area contributed by atoms with Crippen LogP contribution in [0.4, 0.5) is 30.7 Å². The van der Waals surface area contributed by atoms with E-state index in [1.165, 1.54) is 0 Å². The van der Waals surface area contributed by atoms with E-state index in [9.17, 15) is 43.9 Å². The van der Waals surface area contributed by atoms with Gasteiger partial charge in [-0.2, -0.15) is 26.3 Å². The van der Waals surface area contributed by atoms with Gasteiger partial charge < -0.3 is 5.32 Å². The van der Waals surface area contributed by atoms with Crippen LogP contribution in [0.1, 0.15) is 47.2 Å². The highest BCUT2D eigenvalue weighted by atomic mass is 32.2. The predicted molar refractivity (Wildman–Crippen MR) is 108 cm³/mol. The predicted octanol–water partition coefficient (Wildman–Crippen LogP) is 5.63. The number of rotatable bonds is 5. The number of nitrogens with one attached hydrogen (secondary N) is 1. The molecule has 3 rings (SSSR count). The van der Waals surface area contributed by atoms with Gasteiger partial charge in [0.15, 0.2) is 9.84 Å². The number of hydrogen-bond acceptors (Lipinski definition) is 3. The first-order chi connectivity index (χ1) is 15.7. The number of benzene rings is 2. The number of carbonyl (C=O) groups excluding carboxylic acids is 1. The minimum absolute atomic E-state index is 0.335. The zero-order chi connectivity index (χ0) is 25.3. The molecular weight excluding hydrogens is 491 g/mol. The Morgan fingerprint density at radius 1 is 0.912 bits per heavy atom. The molecule has 1 saturated carbocycles. The average Bonchev–Trinajstić information content (AvgIpc) is 2.74. The summed E-state index contributed by atoms with van der Waals surface area (Å²) in [5.41, 5.74) is -2.97. The molecule has 1 amide bonds. The van der Waals surface area contributed by atoms with Gasteiger partial charge in [-0.25, -0.2) is 12.8 Å². The van der Waals surface area contributed by atoms with E-state index in [4.69, 9.17) is 0 Å². The quantitative estimate of drug-likeness (QED) is 0.530. The molecule has 1 aliphatic rings. The van der Waals surface area contributed by atoms with Crippen LogP contribution in [0.25, 0.3) is 0 Å². The second-order valence-corrected chi connectivity index (χ2v) is 10.2. The summed E-state index contributed by atoms with van der Waals surface area (Å²) in [7, 11) is -3.98. The van der Waals surface area contributed by atoms with Gasteiger partial charge in [-0.3, -0.25) is 4.79 Å². The summed E-state index contributed by atoms with van der Waals surface area (Å²) in [4.78, 5) is 11.9. The zero-order valence-corrected chi connectivity index (χ0v) is 18.3. The Kier molecular flexibility index (Phi) is 7.30. The third-order valence-electron chi connectivity index (χ3n) is 5.69. The highest BCUT2D eigenvalue weighted by molar-refractivity contribution is 7.91. The normalized spacial score (nSPS) is 19.6. The van der Waals surface area contributed by atoms with Crippen molar-refractivity contribution in [2.45, 2.75) is 49.0 Å². The van der Waals surface area contributed by atoms with Crippen molar-refractivity contribution in [2.75, 3.05) is 5.75 Å². The number of halogens is 7. The van der Waals surface area contributed by atoms with Crippen LogP contribution in [0.5, 0.6) is 0 Å². The van der Waals surface area contributed by atoms with Crippen molar-refractivity contribution in [3.05, 3.63) is 65.0 Å². The molecule has 4 nitrogen and oxygen atoms in total. The summed E-state index contributed by atoms with van der Waals surface area (Å²) in [6.07, 6.45) is -8.26. The van der Waals surface area contributed by atoms with Crippen LogP contribution in [0, 0.1) is 11.7 Å². The van der Waals surface area contributed by atoms with Crippen molar-refractivity contribution in [1.82, 2.24) is 5.32 Å². The first-order valence-corrected chi connectivity index (χ1v) is 11.9. The maximum atomic E-state index is 13.4. The van der Waals surface area contributed by atoms with Gasteiger partial charge in [-0.1, -0.05) is 6.07 Å². The van der Waals surface area contributed by atoms with E-state index < -0.39 is 56.0 Å². The van der Waals surface area contributed by atoms with Gasteiger partial charge in [-0.15, -0.1) is 0 Å². The SMILES string of the molecule is O=C(NC1CCC(CS(=O)(=O)c2cccc(C(F)(F)F)c2)CC1)c1ccc(F)c(C(F)(F)F)c1. The fraction of sp³-hybridized carbons (Fsp3) is 0.409. The van der Waals surface area contributed by atoms with E-state index in [-0.39, 0.29) is 17.2 Å². The number of amides is 1. The molecule has 0 atom stereocenters. The largest absolute Gasteiger partial charge is 0.419 e. The molecule has 0 saturated heterocycles. The van der Waals surface area contributed by atoms with Gasteiger partial charge in [0.2, 0.25) is 0 Å². The molecular formula is C22H20F7NO3S. The minimum Gasteiger partial charge on any atom is -0.349 e. The lowest BCUT2D eigenvalue weighted by molar-refractivity contribution is -0.140. The molecule has 0 unspecified atom stereocenters. The topological polar surface area (TPSA) is 63.2 Å². The van der Waals surface area contributed by atoms with Gasteiger partial charge in [0.1, 0.15) is 5.82 Å². The molecule has 0 spiro atoms. The third-order valence-corrected chi connectivity index (χ3v) is 7.57. The van der Waals surface area contributed by atoms with Crippen LogP contribution >= 0.6 is 0 Å². The highest BCUT2D eigenvalue weighted by Crippen LogP contribution is 2.33. The van der Waals surface area contributed by atoms with Gasteiger partial charge in [-0.05, 0) is 68.0 Å². The van der Waals surface area contributed by atoms with Crippen molar-refractivity contribution in [3.8, 4) is 0 Å². The molecule has 12 heteroatoms. The van der Waals surface area contributed by atoms with Gasteiger partial charge in [0.05, 0.1) is 21.8 Å². The standard InChI is InChI=1S/C22H20F7NO3S/c23-19-9-6-14(10-18(19)22(27,28)29)20(31)30-16-7-4-13(5-8-16)12-34(32,33)17-3-1-2-15(11-17)21(24,25)26/h1-3,6,9-11,13,16H,4-5,7-8,12H2,(H,30,31). The first-order valence-electron chi connectivity index (χ1n) is 10.2. The average molecular weight is 511 g/mol. The molecule has 186 valence electrons. The van der Waals surface area contributed by atoms with Crippen molar-refractivity contribution in [2.24, 2.45) is 5.92 Å². The van der Waals surface area contributed by atoms with Crippen LogP contribution in [0.15, 0.2) is 47.4 Å². The zero-order valence-electron chi connectivity index (χ0n) is 17.5. The van der Waals surface area contributed by atoms with E-state index in [0.29, 0.717) is 43.9 Å². The third kappa shape index (κ3) is 6.28. The van der Waals surface area contributed by atoms with E-state index >= 15 is 0 Å². The fourth-order valence-electron chi connectivity index (χ4n) is 3.90. The summed E-state index contributed by atoms with van der Waals surface area (Å²) >= 11 is 0. The van der Waals surface area contributed by atoms with Crippen molar-refractivity contribution in [1.29, 1.82) is 0 Å². The van der Waals surface area contributed by atoms with Gasteiger partial charge >= 0.3 is 12.4 Å². The Morgan fingerprint density at radius 3 is 2.15 bits per heavy atom. The second-order valence-electron chi connectivity index (χ2n) is 8.19. The Balaban J connectivity index is 1.59. The molecule has 0 radical (unpaired) electrons. The lowest BCUT2D eigenvalue weighted by Crippen LogP contribution is -2.38. The van der Waals surface area contributed by atoms with Crippen molar-refractivity contribution < 1.29 is 43.9 Å². The van der Waals surface area contributed by atoms with E-state index in [0.717, 1.165) is 24.3 Å². The Labute approximate surface area is 191 Å². The molecule has 0 bridgehead atoms. The maximum absolute atomic E-state index is 13.4. The van der Waals surface area contributed by atoms with Gasteiger partial charge in [0, 0.05) is 11.6 Å². The molecule has 0 aliphatic heterocycles. The number of sulfone groups is 1. The smallest absolute Gasteiger partial charge is 0.349 e. The van der Waals surface area contributed by atoms with Crippen LogP contribution in [0.2, 0.25) is 0 Å². The molecule has 1 aliphatic carbocycles. The molecule has 34 heavy (non-hydrogen) atoms. The Hall–Kier alpha value is -2.63. The first kappa shape index (κ1) is 26.0. The summed E-state index contributed by atoms with van der Waals surface area (Å²) in [5.74, 6) is -3.02. The minimum atomic E-state index is -4.95. The second kappa shape index (κ2) is 9.55. The lowest BCUT2D eigenvalue weighted by Gasteiger charge is -2.29. The van der Waals surface area contributed by atoms with E-state index in [1.54, 1.807) is 0 Å². The van der Waals surface area contributed by atoms with Crippen molar-refractivity contribution in [3.63, 3.8) is 0 Å². The molecule has 1 fully saturated rings. The molecule has 0 heterocycles. The summed E-state index contributed by atoms with van der Waals surface area (Å²) in [6.45, 7) is 0. The Bertz CT molecular complexity index is 1150. The van der Waals surface area contributed by atoms with Crippen LogP contribution in [-0.2, 0) is 22.2 Å². The van der Waals surface area contributed by atoms with E-state index in [2.05, 4.69) is 5.32 Å². The fourth-order valence-corrected chi connectivity index (χ4v) is 5.64. The summed E-state index contributed by atoms with van der Waals surface area (Å²) < 4.78 is 116. The summed E-state index contributed by atoms with van der Waals surface area (Å²) in [6, 6.07) is 5.01. The maximum Gasteiger partial charge on any atom is 0.419 e. The molecule has 2 aromatic carbocycles. The highest BCUT2D eigenvalue weighted by Gasteiger charge is 2.35. The van der Waals surface area contributed by atoms with Crippen LogP contribution in [0.3, 0.4) is 0 Å². The number of hydrogen-bond donors (Lipinski definition) is 1. The van der Waals surface area contributed by atoms with Crippen LogP contribution in [-0.4, -0.2) is 26.1 Å². The summed E-state index contributed by atoms with van der Waals surface area (Å²) in [5, 5.41) is 2.57. The number of carbonyl (C=O) groups is 1. The molecule has 2 aromatic rings. The molecule has 1 N–H and O–H groups in total. The van der Waals surface area contributed by atoms with E-state index in [1.807, 2.05) is 0 Å².